The fourth-order valence-electron chi connectivity index (χ4n) is 2.91. The van der Waals surface area contributed by atoms with Gasteiger partial charge < -0.3 is 20.5 Å². The molecule has 24 heavy (non-hydrogen) atoms. The highest BCUT2D eigenvalue weighted by Gasteiger charge is 2.44. The Balaban J connectivity index is 1.76. The van der Waals surface area contributed by atoms with E-state index in [1.807, 2.05) is 36.1 Å². The molecule has 1 saturated heterocycles. The lowest BCUT2D eigenvalue weighted by Gasteiger charge is -2.39. The molecule has 0 unspecified atom stereocenters. The van der Waals surface area contributed by atoms with Crippen molar-refractivity contribution in [3.8, 4) is 5.75 Å². The fraction of sp³-hybridized carbons (Fsp3) is 0.353. The van der Waals surface area contributed by atoms with Gasteiger partial charge in [0.2, 0.25) is 11.5 Å². The van der Waals surface area contributed by atoms with Gasteiger partial charge in [0.15, 0.2) is 0 Å². The summed E-state index contributed by atoms with van der Waals surface area (Å²) in [4.78, 5) is 22.2. The van der Waals surface area contributed by atoms with Crippen molar-refractivity contribution < 1.29 is 14.6 Å². The van der Waals surface area contributed by atoms with E-state index in [9.17, 15) is 9.90 Å². The van der Waals surface area contributed by atoms with Gasteiger partial charge in [-0.15, -0.1) is 0 Å². The molecule has 1 aliphatic rings. The highest BCUT2D eigenvalue weighted by atomic mass is 16.5. The van der Waals surface area contributed by atoms with E-state index in [0.29, 0.717) is 31.7 Å². The number of nitrogen functional groups attached to an aromatic ring is 1. The van der Waals surface area contributed by atoms with Gasteiger partial charge in [-0.25, -0.2) is 9.78 Å². The van der Waals surface area contributed by atoms with E-state index < -0.39 is 11.6 Å². The van der Waals surface area contributed by atoms with Crippen LogP contribution in [0.1, 0.15) is 18.5 Å². The second kappa shape index (κ2) is 6.35. The third kappa shape index (κ3) is 3.24. The van der Waals surface area contributed by atoms with Crippen molar-refractivity contribution >= 4 is 17.7 Å². The molecule has 0 spiro atoms. The fourth-order valence-corrected chi connectivity index (χ4v) is 2.91. The van der Waals surface area contributed by atoms with Gasteiger partial charge in [0, 0.05) is 37.7 Å². The van der Waals surface area contributed by atoms with E-state index in [0.717, 1.165) is 11.5 Å². The number of nitrogens with zero attached hydrogens (tertiary/aromatic N) is 3. The summed E-state index contributed by atoms with van der Waals surface area (Å²) < 4.78 is 5.85. The van der Waals surface area contributed by atoms with Gasteiger partial charge in [-0.1, -0.05) is 18.2 Å². The number of piperidine rings is 1. The maximum absolute atomic E-state index is 11.8. The van der Waals surface area contributed by atoms with Crippen LogP contribution < -0.4 is 15.4 Å². The Morgan fingerprint density at radius 3 is 2.50 bits per heavy atom. The maximum atomic E-state index is 11.8. The summed E-state index contributed by atoms with van der Waals surface area (Å²) in [6.07, 6.45) is 0.723. The molecule has 0 radical (unpaired) electrons. The van der Waals surface area contributed by atoms with Crippen LogP contribution in [0.25, 0.3) is 0 Å². The van der Waals surface area contributed by atoms with Crippen molar-refractivity contribution in [2.24, 2.45) is 0 Å². The van der Waals surface area contributed by atoms with Gasteiger partial charge >= 0.3 is 5.97 Å². The zero-order valence-corrected chi connectivity index (χ0v) is 13.5. The van der Waals surface area contributed by atoms with Crippen molar-refractivity contribution in [2.45, 2.75) is 25.4 Å². The molecule has 2 aromatic rings. The van der Waals surface area contributed by atoms with E-state index in [-0.39, 0.29) is 5.95 Å². The predicted octanol–water partition coefficient (Wildman–Crippen LogP) is 1.87. The van der Waals surface area contributed by atoms with Crippen LogP contribution in [0.5, 0.6) is 5.75 Å². The van der Waals surface area contributed by atoms with Gasteiger partial charge in [-0.2, -0.15) is 4.98 Å². The molecule has 2 heterocycles. The number of aromatic nitrogens is 2. The van der Waals surface area contributed by atoms with Crippen molar-refractivity contribution in [2.75, 3.05) is 23.7 Å². The van der Waals surface area contributed by atoms with Gasteiger partial charge in [0.05, 0.1) is 0 Å². The Kier molecular flexibility index (Phi) is 4.24. The molecule has 3 rings (SSSR count). The first-order chi connectivity index (χ1) is 11.5. The van der Waals surface area contributed by atoms with Crippen LogP contribution in [0, 0.1) is 6.92 Å². The molecule has 0 atom stereocenters. The zero-order valence-electron chi connectivity index (χ0n) is 13.5. The number of anilines is 2. The number of carbonyl (C=O) groups is 1. The summed E-state index contributed by atoms with van der Waals surface area (Å²) in [6.45, 7) is 2.90. The minimum atomic E-state index is -1.22. The zero-order chi connectivity index (χ0) is 17.2. The number of rotatable bonds is 4. The average molecular weight is 328 g/mol. The van der Waals surface area contributed by atoms with Crippen LogP contribution in [0.2, 0.25) is 0 Å². The number of benzene rings is 1. The first-order valence-corrected chi connectivity index (χ1v) is 7.82. The van der Waals surface area contributed by atoms with Gasteiger partial charge in [-0.3, -0.25) is 0 Å². The molecule has 1 fully saturated rings. The normalized spacial score (nSPS) is 16.6. The lowest BCUT2D eigenvalue weighted by Crippen LogP contribution is -2.53. The monoisotopic (exact) mass is 328 g/mol. The molecule has 126 valence electrons. The maximum Gasteiger partial charge on any atom is 0.348 e. The topological polar surface area (TPSA) is 102 Å². The molecule has 1 aromatic carbocycles. The number of aliphatic carboxylic acids is 1. The average Bonchev–Trinajstić information content (AvgIpc) is 2.55. The molecular formula is C17H20N4O3. The standard InChI is InChI=1S/C17H20N4O3/c1-12-11-14(20-16(18)19-12)21-9-7-17(8-10-21,15(22)23)24-13-5-3-2-4-6-13/h2-6,11H,7-10H2,1H3,(H,22,23)(H2,18,19,20). The Bertz CT molecular complexity index is 708. The van der Waals surface area contributed by atoms with Crippen LogP contribution in [0.4, 0.5) is 11.8 Å². The highest BCUT2D eigenvalue weighted by molar-refractivity contribution is 5.78. The summed E-state index contributed by atoms with van der Waals surface area (Å²) in [6, 6.07) is 10.9. The number of ether oxygens (including phenoxy) is 1. The minimum Gasteiger partial charge on any atom is -0.478 e. The molecule has 7 heteroatoms. The van der Waals surface area contributed by atoms with E-state index in [4.69, 9.17) is 10.5 Å². The molecule has 0 saturated carbocycles. The second-order valence-corrected chi connectivity index (χ2v) is 5.93. The summed E-state index contributed by atoms with van der Waals surface area (Å²) in [5.74, 6) is 0.569. The Labute approximate surface area is 140 Å². The van der Waals surface area contributed by atoms with E-state index >= 15 is 0 Å². The SMILES string of the molecule is Cc1cc(N2CCC(Oc3ccccc3)(C(=O)O)CC2)nc(N)n1. The van der Waals surface area contributed by atoms with E-state index in [1.165, 1.54) is 0 Å². The summed E-state index contributed by atoms with van der Waals surface area (Å²) in [5, 5.41) is 9.71. The van der Waals surface area contributed by atoms with Crippen LogP contribution in [-0.4, -0.2) is 39.7 Å². The number of carboxylic acids is 1. The van der Waals surface area contributed by atoms with Crippen LogP contribution in [-0.2, 0) is 4.79 Å². The number of nitrogens with two attached hydrogens (primary N) is 1. The van der Waals surface area contributed by atoms with Crippen molar-refractivity contribution in [3.63, 3.8) is 0 Å². The first kappa shape index (κ1) is 16.0. The summed E-state index contributed by atoms with van der Waals surface area (Å²) >= 11 is 0. The third-order valence-corrected chi connectivity index (χ3v) is 4.20. The second-order valence-electron chi connectivity index (χ2n) is 5.93. The van der Waals surface area contributed by atoms with Crippen molar-refractivity contribution in [3.05, 3.63) is 42.1 Å². The van der Waals surface area contributed by atoms with Crippen molar-refractivity contribution in [1.29, 1.82) is 0 Å². The predicted molar refractivity (Wildman–Crippen MR) is 90.1 cm³/mol. The minimum absolute atomic E-state index is 0.223. The molecule has 1 aliphatic heterocycles. The lowest BCUT2D eigenvalue weighted by molar-refractivity contribution is -0.157. The van der Waals surface area contributed by atoms with Gasteiger partial charge in [0.1, 0.15) is 11.6 Å². The number of carboxylic acid groups (broad SMARTS) is 1. The molecular weight excluding hydrogens is 308 g/mol. The Hall–Kier alpha value is -2.83. The molecule has 3 N–H and O–H groups in total. The first-order valence-electron chi connectivity index (χ1n) is 7.82. The number of para-hydroxylation sites is 1. The highest BCUT2D eigenvalue weighted by Crippen LogP contribution is 2.31. The Morgan fingerprint density at radius 2 is 1.92 bits per heavy atom. The van der Waals surface area contributed by atoms with E-state index in [2.05, 4.69) is 9.97 Å². The van der Waals surface area contributed by atoms with Crippen LogP contribution in [0.3, 0.4) is 0 Å². The van der Waals surface area contributed by atoms with E-state index in [1.54, 1.807) is 12.1 Å². The van der Waals surface area contributed by atoms with Crippen LogP contribution in [0.15, 0.2) is 36.4 Å². The number of hydrogen-bond acceptors (Lipinski definition) is 6. The molecule has 1 aromatic heterocycles. The van der Waals surface area contributed by atoms with Crippen molar-refractivity contribution in [1.82, 2.24) is 9.97 Å². The summed E-state index contributed by atoms with van der Waals surface area (Å²) in [5.41, 5.74) is 5.27. The summed E-state index contributed by atoms with van der Waals surface area (Å²) in [7, 11) is 0. The van der Waals surface area contributed by atoms with Gasteiger partial charge in [-0.05, 0) is 19.1 Å². The molecule has 7 nitrogen and oxygen atoms in total. The molecule has 0 bridgehead atoms. The largest absolute Gasteiger partial charge is 0.478 e. The lowest BCUT2D eigenvalue weighted by atomic mass is 9.91. The number of hydrogen-bond donors (Lipinski definition) is 2. The quantitative estimate of drug-likeness (QED) is 0.883. The molecule has 0 aliphatic carbocycles. The smallest absolute Gasteiger partial charge is 0.348 e. The van der Waals surface area contributed by atoms with Gasteiger partial charge in [0.25, 0.3) is 0 Å². The molecule has 0 amide bonds. The number of aryl methyl sites for hydroxylation is 1. The van der Waals surface area contributed by atoms with Crippen LogP contribution >= 0.6 is 0 Å². The Morgan fingerprint density at radius 1 is 1.25 bits per heavy atom. The third-order valence-electron chi connectivity index (χ3n) is 4.20.